The largest absolute Gasteiger partial charge is 0.461 e. The van der Waals surface area contributed by atoms with Crippen LogP contribution in [0.15, 0.2) is 0 Å². The predicted octanol–water partition coefficient (Wildman–Crippen LogP) is 1.69. The summed E-state index contributed by atoms with van der Waals surface area (Å²) in [5.41, 5.74) is -0.544. The van der Waals surface area contributed by atoms with Crippen molar-refractivity contribution in [3.8, 4) is 0 Å². The topological polar surface area (TPSA) is 52.6 Å². The first kappa shape index (κ1) is 12.9. The van der Waals surface area contributed by atoms with E-state index in [0.29, 0.717) is 6.10 Å². The lowest BCUT2D eigenvalue weighted by Crippen LogP contribution is -2.25. The molecule has 81 valence electrons. The number of carbonyl (C=O) groups excluding carboxylic acids is 2. The lowest BCUT2D eigenvalue weighted by molar-refractivity contribution is -0.156. The fraction of sp³-hybridized carbons (Fsp3) is 0.700. The van der Waals surface area contributed by atoms with Crippen molar-refractivity contribution in [1.29, 1.82) is 0 Å². The summed E-state index contributed by atoms with van der Waals surface area (Å²) in [6.07, 6.45) is 0.389. The van der Waals surface area contributed by atoms with Crippen LogP contribution in [-0.4, -0.2) is 18.5 Å². The summed E-state index contributed by atoms with van der Waals surface area (Å²) >= 11 is 0. The van der Waals surface area contributed by atoms with Gasteiger partial charge in [0.05, 0.1) is 5.41 Å². The van der Waals surface area contributed by atoms with Gasteiger partial charge in [0.15, 0.2) is 6.10 Å². The van der Waals surface area contributed by atoms with Crippen molar-refractivity contribution in [2.75, 3.05) is 6.61 Å². The van der Waals surface area contributed by atoms with E-state index in [0.717, 1.165) is 0 Å². The molecule has 0 saturated carbocycles. The van der Waals surface area contributed by atoms with Crippen LogP contribution in [0.2, 0.25) is 0 Å². The number of carbonyl (C=O) groups is 2. The Morgan fingerprint density at radius 1 is 1.14 bits per heavy atom. The van der Waals surface area contributed by atoms with Gasteiger partial charge < -0.3 is 9.47 Å². The van der Waals surface area contributed by atoms with Crippen LogP contribution in [0.4, 0.5) is 0 Å². The van der Waals surface area contributed by atoms with Crippen molar-refractivity contribution >= 4 is 11.9 Å². The van der Waals surface area contributed by atoms with Gasteiger partial charge in [0, 0.05) is 6.92 Å². The highest BCUT2D eigenvalue weighted by Crippen LogP contribution is 2.18. The third-order valence-electron chi connectivity index (χ3n) is 1.36. The maximum atomic E-state index is 11.3. The zero-order valence-electron chi connectivity index (χ0n) is 9.34. The van der Waals surface area contributed by atoms with Crippen molar-refractivity contribution in [2.45, 2.75) is 34.6 Å². The lowest BCUT2D eigenvalue weighted by atomic mass is 9.97. The maximum absolute atomic E-state index is 11.3. The molecule has 0 aliphatic heterocycles. The molecule has 4 nitrogen and oxygen atoms in total. The second-order valence-corrected chi connectivity index (χ2v) is 4.12. The molecular formula is C10H17O4. The summed E-state index contributed by atoms with van der Waals surface area (Å²) in [6.45, 7) is 8.21. The van der Waals surface area contributed by atoms with Crippen LogP contribution < -0.4 is 0 Å². The Bertz CT molecular complexity index is 215. The molecule has 0 unspecified atom stereocenters. The third kappa shape index (κ3) is 5.56. The van der Waals surface area contributed by atoms with E-state index in [4.69, 9.17) is 4.74 Å². The molecule has 0 atom stereocenters. The summed E-state index contributed by atoms with van der Waals surface area (Å²) in [7, 11) is 0. The predicted molar refractivity (Wildman–Crippen MR) is 51.1 cm³/mol. The van der Waals surface area contributed by atoms with Crippen molar-refractivity contribution < 1.29 is 19.1 Å². The van der Waals surface area contributed by atoms with Crippen molar-refractivity contribution in [1.82, 2.24) is 0 Å². The summed E-state index contributed by atoms with van der Waals surface area (Å²) in [5.74, 6) is -0.724. The Morgan fingerprint density at radius 2 is 1.64 bits per heavy atom. The van der Waals surface area contributed by atoms with Crippen LogP contribution in [0.3, 0.4) is 0 Å². The summed E-state index contributed by atoms with van der Waals surface area (Å²) in [4.78, 5) is 21.8. The third-order valence-corrected chi connectivity index (χ3v) is 1.36. The Morgan fingerprint density at radius 3 is 2.00 bits per heavy atom. The zero-order valence-corrected chi connectivity index (χ0v) is 9.34. The van der Waals surface area contributed by atoms with Gasteiger partial charge in [-0.05, 0) is 27.7 Å². The molecule has 0 N–H and O–H groups in total. The molecule has 0 fully saturated rings. The minimum Gasteiger partial charge on any atom is -0.461 e. The number of rotatable bonds is 3. The van der Waals surface area contributed by atoms with Gasteiger partial charge in [0.25, 0.3) is 0 Å². The number of hydrogen-bond donors (Lipinski definition) is 0. The van der Waals surface area contributed by atoms with Crippen molar-refractivity contribution in [3.63, 3.8) is 0 Å². The Labute approximate surface area is 84.6 Å². The molecule has 0 aromatic carbocycles. The number of ether oxygens (including phenoxy) is 2. The van der Waals surface area contributed by atoms with Gasteiger partial charge in [-0.15, -0.1) is 0 Å². The van der Waals surface area contributed by atoms with Crippen LogP contribution >= 0.6 is 0 Å². The van der Waals surface area contributed by atoms with E-state index in [9.17, 15) is 9.59 Å². The quantitative estimate of drug-likeness (QED) is 0.652. The summed E-state index contributed by atoms with van der Waals surface area (Å²) in [5, 5.41) is 0. The fourth-order valence-corrected chi connectivity index (χ4v) is 0.544. The molecule has 0 bridgehead atoms. The Kier molecular flexibility index (Phi) is 4.60. The minimum atomic E-state index is -0.544. The fourth-order valence-electron chi connectivity index (χ4n) is 0.544. The molecule has 0 aliphatic carbocycles. The second kappa shape index (κ2) is 4.98. The van der Waals surface area contributed by atoms with Crippen LogP contribution in [-0.2, 0) is 19.1 Å². The van der Waals surface area contributed by atoms with Crippen LogP contribution in [0.1, 0.15) is 34.6 Å². The highest BCUT2D eigenvalue weighted by Gasteiger charge is 2.25. The van der Waals surface area contributed by atoms with E-state index in [-0.39, 0.29) is 12.6 Å². The van der Waals surface area contributed by atoms with E-state index in [1.54, 1.807) is 27.7 Å². The van der Waals surface area contributed by atoms with Gasteiger partial charge in [0.2, 0.25) is 0 Å². The molecule has 1 radical (unpaired) electrons. The van der Waals surface area contributed by atoms with Gasteiger partial charge in [-0.1, -0.05) is 0 Å². The number of hydrogen-bond acceptors (Lipinski definition) is 4. The normalized spacial score (nSPS) is 11.3. The molecule has 0 spiro atoms. The summed E-state index contributed by atoms with van der Waals surface area (Å²) in [6, 6.07) is 0. The molecule has 14 heavy (non-hydrogen) atoms. The van der Waals surface area contributed by atoms with Crippen LogP contribution in [0.5, 0.6) is 0 Å². The highest BCUT2D eigenvalue weighted by molar-refractivity contribution is 5.76. The van der Waals surface area contributed by atoms with Crippen molar-refractivity contribution in [3.05, 3.63) is 6.10 Å². The van der Waals surface area contributed by atoms with E-state index < -0.39 is 11.4 Å². The molecule has 0 aromatic heterocycles. The molecule has 0 aromatic rings. The molecule has 0 amide bonds. The first-order valence-corrected chi connectivity index (χ1v) is 4.41. The average Bonchev–Trinajstić information content (AvgIpc) is 1.99. The van der Waals surface area contributed by atoms with Gasteiger partial charge in [-0.25, -0.2) is 0 Å². The van der Waals surface area contributed by atoms with Gasteiger partial charge in [-0.2, -0.15) is 0 Å². The Balaban J connectivity index is 3.89. The Hall–Kier alpha value is -1.06. The lowest BCUT2D eigenvalue weighted by Gasteiger charge is -2.19. The number of esters is 2. The van der Waals surface area contributed by atoms with Crippen molar-refractivity contribution in [2.24, 2.45) is 5.41 Å². The molecular weight excluding hydrogens is 184 g/mol. The molecule has 0 aliphatic rings. The highest BCUT2D eigenvalue weighted by atomic mass is 16.6. The van der Waals surface area contributed by atoms with Crippen LogP contribution in [0, 0.1) is 11.5 Å². The molecule has 4 heteroatoms. The van der Waals surface area contributed by atoms with E-state index in [2.05, 4.69) is 4.74 Å². The summed E-state index contributed by atoms with van der Waals surface area (Å²) < 4.78 is 9.63. The SMILES string of the molecule is C[C](COC(C)=O)OC(=O)C(C)(C)C. The van der Waals surface area contributed by atoms with Gasteiger partial charge >= 0.3 is 11.9 Å². The zero-order chi connectivity index (χ0) is 11.4. The van der Waals surface area contributed by atoms with Gasteiger partial charge in [-0.3, -0.25) is 9.59 Å². The minimum absolute atomic E-state index is 0.0250. The standard InChI is InChI=1S/C10H17O4/c1-7(6-13-8(2)11)14-9(12)10(3,4)5/h6H2,1-5H3. The van der Waals surface area contributed by atoms with E-state index in [1.165, 1.54) is 6.92 Å². The average molecular weight is 201 g/mol. The second-order valence-electron chi connectivity index (χ2n) is 4.12. The molecule has 0 rings (SSSR count). The maximum Gasteiger partial charge on any atom is 0.312 e. The monoisotopic (exact) mass is 201 g/mol. The molecule has 0 heterocycles. The smallest absolute Gasteiger partial charge is 0.312 e. The van der Waals surface area contributed by atoms with E-state index >= 15 is 0 Å². The van der Waals surface area contributed by atoms with Gasteiger partial charge in [0.1, 0.15) is 6.61 Å². The van der Waals surface area contributed by atoms with E-state index in [1.807, 2.05) is 0 Å². The first-order chi connectivity index (χ1) is 6.23. The first-order valence-electron chi connectivity index (χ1n) is 4.41. The molecule has 0 saturated heterocycles. The van der Waals surface area contributed by atoms with Crippen LogP contribution in [0.25, 0.3) is 0 Å².